The maximum Gasteiger partial charge on any atom is 0.410 e. The lowest BCUT2D eigenvalue weighted by Gasteiger charge is -2.34. The predicted molar refractivity (Wildman–Crippen MR) is 112 cm³/mol. The molecule has 1 atom stereocenters. The van der Waals surface area contributed by atoms with Gasteiger partial charge in [0.15, 0.2) is 5.65 Å². The number of nitrogens with one attached hydrogen (secondary N) is 1. The minimum atomic E-state index is -0.492. The van der Waals surface area contributed by atoms with Gasteiger partial charge in [-0.05, 0) is 58.6 Å². The maximum absolute atomic E-state index is 12.5. The number of fused-ring (bicyclic) bond motifs is 1. The molecule has 7 heteroatoms. The van der Waals surface area contributed by atoms with Crippen LogP contribution < -0.4 is 0 Å². The highest BCUT2D eigenvalue weighted by molar-refractivity contribution is 5.88. The van der Waals surface area contributed by atoms with Crippen LogP contribution in [0.25, 0.3) is 16.7 Å². The number of hydrogen-bond donors (Lipinski definition) is 1. The summed E-state index contributed by atoms with van der Waals surface area (Å²) in [6.45, 7) is 9.89. The van der Waals surface area contributed by atoms with E-state index < -0.39 is 5.60 Å². The molecule has 0 saturated carbocycles. The van der Waals surface area contributed by atoms with Crippen LogP contribution in [-0.2, 0) is 9.47 Å². The first-order valence-electron chi connectivity index (χ1n) is 10.4. The summed E-state index contributed by atoms with van der Waals surface area (Å²) in [5.41, 5.74) is 3.55. The summed E-state index contributed by atoms with van der Waals surface area (Å²) < 4.78 is 11.0. The summed E-state index contributed by atoms with van der Waals surface area (Å²) in [5, 5.41) is 0. The Bertz CT molecular complexity index is 922. The molecule has 2 aromatic rings. The zero-order chi connectivity index (χ0) is 20.6. The number of rotatable bonds is 2. The van der Waals surface area contributed by atoms with Crippen molar-refractivity contribution in [1.29, 1.82) is 0 Å². The van der Waals surface area contributed by atoms with Gasteiger partial charge >= 0.3 is 6.09 Å². The van der Waals surface area contributed by atoms with Crippen molar-refractivity contribution in [2.45, 2.75) is 64.5 Å². The van der Waals surface area contributed by atoms with Crippen LogP contribution in [0.15, 0.2) is 18.3 Å². The summed E-state index contributed by atoms with van der Waals surface area (Å²) in [4.78, 5) is 27.1. The Kier molecular flexibility index (Phi) is 5.34. The minimum absolute atomic E-state index is 0.0364. The number of pyridine rings is 1. The molecule has 0 aromatic carbocycles. The van der Waals surface area contributed by atoms with E-state index in [1.807, 2.05) is 40.0 Å². The second kappa shape index (κ2) is 7.78. The van der Waals surface area contributed by atoms with Gasteiger partial charge in [0.2, 0.25) is 0 Å². The molecule has 156 valence electrons. The molecule has 2 aliphatic rings. The molecule has 4 rings (SSSR count). The molecule has 0 spiro atoms. The van der Waals surface area contributed by atoms with Gasteiger partial charge in [0.25, 0.3) is 0 Å². The second-order valence-electron chi connectivity index (χ2n) is 8.92. The first kappa shape index (κ1) is 19.9. The molecular formula is C22H30N4O3. The molecule has 0 unspecified atom stereocenters. The van der Waals surface area contributed by atoms with Gasteiger partial charge in [-0.15, -0.1) is 0 Å². The number of aromatic nitrogens is 3. The number of H-pyrrole nitrogens is 1. The smallest absolute Gasteiger partial charge is 0.410 e. The average Bonchev–Trinajstić information content (AvgIpc) is 3.11. The molecule has 0 bridgehead atoms. The number of ether oxygens (including phenoxy) is 2. The van der Waals surface area contributed by atoms with E-state index in [2.05, 4.69) is 16.0 Å². The summed E-state index contributed by atoms with van der Waals surface area (Å²) in [6.07, 6.45) is 6.45. The molecule has 1 amide bonds. The Morgan fingerprint density at radius 3 is 2.76 bits per heavy atom. The van der Waals surface area contributed by atoms with Crippen LogP contribution in [0.1, 0.15) is 64.3 Å². The Labute approximate surface area is 171 Å². The van der Waals surface area contributed by atoms with Gasteiger partial charge in [-0.2, -0.15) is 0 Å². The number of amides is 1. The lowest BCUT2D eigenvalue weighted by molar-refractivity contribution is 0.0209. The third-order valence-electron chi connectivity index (χ3n) is 5.54. The van der Waals surface area contributed by atoms with Gasteiger partial charge < -0.3 is 19.4 Å². The molecule has 0 radical (unpaired) electrons. The molecule has 2 aliphatic heterocycles. The van der Waals surface area contributed by atoms with Crippen molar-refractivity contribution in [3.63, 3.8) is 0 Å². The summed E-state index contributed by atoms with van der Waals surface area (Å²) in [6, 6.07) is 1.99. The van der Waals surface area contributed by atoms with E-state index in [0.29, 0.717) is 12.5 Å². The summed E-state index contributed by atoms with van der Waals surface area (Å²) in [5.74, 6) is 1.40. The minimum Gasteiger partial charge on any atom is -0.444 e. The van der Waals surface area contributed by atoms with E-state index >= 15 is 0 Å². The normalized spacial score (nSPS) is 21.3. The lowest BCUT2D eigenvalue weighted by atomic mass is 9.96. The van der Waals surface area contributed by atoms with Gasteiger partial charge in [0.05, 0.1) is 6.04 Å². The fraction of sp³-hybridized carbons (Fsp3) is 0.591. The zero-order valence-electron chi connectivity index (χ0n) is 17.7. The van der Waals surface area contributed by atoms with Crippen molar-refractivity contribution in [3.05, 3.63) is 29.7 Å². The highest BCUT2D eigenvalue weighted by atomic mass is 16.6. The van der Waals surface area contributed by atoms with Gasteiger partial charge in [0, 0.05) is 37.4 Å². The number of carbonyl (C=O) groups excluding carboxylic acids is 1. The molecule has 4 heterocycles. The van der Waals surface area contributed by atoms with Crippen molar-refractivity contribution in [2.75, 3.05) is 19.8 Å². The Morgan fingerprint density at radius 1 is 1.31 bits per heavy atom. The third kappa shape index (κ3) is 4.29. The third-order valence-corrected chi connectivity index (χ3v) is 5.54. The Hall–Kier alpha value is -2.41. The van der Waals surface area contributed by atoms with E-state index in [-0.39, 0.29) is 12.1 Å². The van der Waals surface area contributed by atoms with Crippen LogP contribution in [0.5, 0.6) is 0 Å². The quantitative estimate of drug-likeness (QED) is 0.817. The van der Waals surface area contributed by atoms with Crippen LogP contribution in [0.3, 0.4) is 0 Å². The SMILES string of the molecule is C[C@H]1C=C(c2ccnc3[nH]c(C4CCOCC4)nc23)CCN1C(=O)OC(C)(C)C. The van der Waals surface area contributed by atoms with E-state index in [9.17, 15) is 4.79 Å². The molecular weight excluding hydrogens is 368 g/mol. The summed E-state index contributed by atoms with van der Waals surface area (Å²) >= 11 is 0. The fourth-order valence-electron chi connectivity index (χ4n) is 4.06. The number of nitrogens with zero attached hydrogens (tertiary/aromatic N) is 3. The monoisotopic (exact) mass is 398 g/mol. The zero-order valence-corrected chi connectivity index (χ0v) is 17.7. The number of carbonyl (C=O) groups is 1. The van der Waals surface area contributed by atoms with Crippen molar-refractivity contribution in [1.82, 2.24) is 19.9 Å². The van der Waals surface area contributed by atoms with Gasteiger partial charge in [-0.3, -0.25) is 0 Å². The van der Waals surface area contributed by atoms with Gasteiger partial charge in [-0.25, -0.2) is 14.8 Å². The Balaban J connectivity index is 1.59. The largest absolute Gasteiger partial charge is 0.444 e. The summed E-state index contributed by atoms with van der Waals surface area (Å²) in [7, 11) is 0. The fourth-order valence-corrected chi connectivity index (χ4v) is 4.06. The highest BCUT2D eigenvalue weighted by Gasteiger charge is 2.29. The average molecular weight is 399 g/mol. The molecule has 1 fully saturated rings. The first-order valence-corrected chi connectivity index (χ1v) is 10.4. The molecule has 1 saturated heterocycles. The number of imidazole rings is 1. The van der Waals surface area contributed by atoms with E-state index in [0.717, 1.165) is 55.0 Å². The standard InChI is InChI=1S/C22H30N4O3/c1-14-13-16(6-10-26(14)21(27)29-22(2,3)4)17-5-9-23-20-18(17)24-19(25-20)15-7-11-28-12-8-15/h5,9,13-15H,6-8,10-12H2,1-4H3,(H,23,24,25)/t14-/m0/s1. The first-order chi connectivity index (χ1) is 13.8. The highest BCUT2D eigenvalue weighted by Crippen LogP contribution is 2.32. The molecule has 29 heavy (non-hydrogen) atoms. The van der Waals surface area contributed by atoms with E-state index in [1.54, 1.807) is 4.90 Å². The van der Waals surface area contributed by atoms with Crippen molar-refractivity contribution < 1.29 is 14.3 Å². The van der Waals surface area contributed by atoms with Crippen LogP contribution in [0.2, 0.25) is 0 Å². The number of hydrogen-bond acceptors (Lipinski definition) is 5. The maximum atomic E-state index is 12.5. The van der Waals surface area contributed by atoms with Crippen molar-refractivity contribution >= 4 is 22.8 Å². The lowest BCUT2D eigenvalue weighted by Crippen LogP contribution is -2.43. The number of aromatic amines is 1. The van der Waals surface area contributed by atoms with E-state index in [4.69, 9.17) is 14.5 Å². The predicted octanol–water partition coefficient (Wildman–Crippen LogP) is 4.26. The van der Waals surface area contributed by atoms with Crippen LogP contribution >= 0.6 is 0 Å². The van der Waals surface area contributed by atoms with Crippen LogP contribution in [0.4, 0.5) is 4.79 Å². The second-order valence-corrected chi connectivity index (χ2v) is 8.92. The Morgan fingerprint density at radius 2 is 2.07 bits per heavy atom. The molecule has 7 nitrogen and oxygen atoms in total. The van der Waals surface area contributed by atoms with E-state index in [1.165, 1.54) is 5.57 Å². The molecule has 0 aliphatic carbocycles. The van der Waals surface area contributed by atoms with Gasteiger partial charge in [-0.1, -0.05) is 6.08 Å². The topological polar surface area (TPSA) is 80.3 Å². The van der Waals surface area contributed by atoms with Gasteiger partial charge in [0.1, 0.15) is 16.9 Å². The van der Waals surface area contributed by atoms with Crippen LogP contribution in [-0.4, -0.2) is 57.3 Å². The molecule has 2 aromatic heterocycles. The van der Waals surface area contributed by atoms with Crippen molar-refractivity contribution in [3.8, 4) is 0 Å². The van der Waals surface area contributed by atoms with Crippen molar-refractivity contribution in [2.24, 2.45) is 0 Å². The molecule has 1 N–H and O–H groups in total. The van der Waals surface area contributed by atoms with Crippen LogP contribution in [0, 0.1) is 0 Å².